The lowest BCUT2D eigenvalue weighted by atomic mass is 9.97. The lowest BCUT2D eigenvalue weighted by molar-refractivity contribution is -0.136. The molecule has 13 heteroatoms. The molecule has 3 aromatic carbocycles. The van der Waals surface area contributed by atoms with Gasteiger partial charge in [0, 0.05) is 30.0 Å². The van der Waals surface area contributed by atoms with Crippen LogP contribution in [0.2, 0.25) is 0 Å². The molecule has 13 nitrogen and oxygen atoms in total. The topological polar surface area (TPSA) is 162 Å². The van der Waals surface area contributed by atoms with Crippen LogP contribution in [0, 0.1) is 11.8 Å². The summed E-state index contributed by atoms with van der Waals surface area (Å²) in [6.45, 7) is 8.97. The van der Waals surface area contributed by atoms with Crippen LogP contribution in [0.1, 0.15) is 94.5 Å². The van der Waals surface area contributed by atoms with E-state index in [-0.39, 0.29) is 35.7 Å². The highest BCUT2D eigenvalue weighted by Gasteiger charge is 2.40. The smallest absolute Gasteiger partial charge is 0.407 e. The minimum Gasteiger partial charge on any atom is -0.453 e. The van der Waals surface area contributed by atoms with E-state index in [0.717, 1.165) is 101 Å². The van der Waals surface area contributed by atoms with E-state index in [4.69, 9.17) is 14.5 Å². The number of carbonyl (C=O) groups is 4. The minimum absolute atomic E-state index is 0.0596. The number of methoxy groups -OCH3 is 2. The summed E-state index contributed by atoms with van der Waals surface area (Å²) in [4.78, 5) is 67.5. The Morgan fingerprint density at radius 3 is 1.79 bits per heavy atom. The maximum Gasteiger partial charge on any atom is 0.407 e. The van der Waals surface area contributed by atoms with Gasteiger partial charge in [-0.05, 0) is 108 Å². The lowest BCUT2D eigenvalue weighted by Crippen LogP contribution is -2.51. The fourth-order valence-corrected chi connectivity index (χ4v) is 9.61. The lowest BCUT2D eigenvalue weighted by Gasteiger charge is -2.31. The number of carbonyl (C=O) groups excluding carboxylic acids is 4. The van der Waals surface area contributed by atoms with Crippen molar-refractivity contribution >= 4 is 34.8 Å². The molecule has 5 aromatic rings. The Labute approximate surface area is 357 Å². The van der Waals surface area contributed by atoms with Gasteiger partial charge in [-0.1, -0.05) is 76.2 Å². The average molecular weight is 828 g/mol. The van der Waals surface area contributed by atoms with Crippen molar-refractivity contribution < 1.29 is 28.7 Å². The number of benzene rings is 3. The Morgan fingerprint density at radius 2 is 1.18 bits per heavy atom. The summed E-state index contributed by atoms with van der Waals surface area (Å²) in [6.07, 6.45) is 7.14. The number of hydrogen-bond acceptors (Lipinski definition) is 7. The van der Waals surface area contributed by atoms with Gasteiger partial charge in [0.15, 0.2) is 0 Å². The molecule has 2 aromatic heterocycles. The number of nitrogens with one attached hydrogen (secondary N) is 4. The molecule has 4 atom stereocenters. The van der Waals surface area contributed by atoms with E-state index in [0.29, 0.717) is 13.1 Å². The number of alkyl carbamates (subject to hydrolysis) is 2. The highest BCUT2D eigenvalue weighted by Crippen LogP contribution is 2.43. The third-order valence-electron chi connectivity index (χ3n) is 12.9. The molecule has 2 unspecified atom stereocenters. The number of aromatic amines is 2. The minimum atomic E-state index is -0.685. The summed E-state index contributed by atoms with van der Waals surface area (Å²) >= 11 is 0. The highest BCUT2D eigenvalue weighted by atomic mass is 16.5. The van der Waals surface area contributed by atoms with E-state index in [2.05, 4.69) is 81.3 Å². The third kappa shape index (κ3) is 8.22. The highest BCUT2D eigenvalue weighted by molar-refractivity contribution is 5.91. The van der Waals surface area contributed by atoms with Gasteiger partial charge in [-0.2, -0.15) is 0 Å². The standard InChI is InChI=1S/C48H57N7O6/c1-27(2)40(52-47(58)60-5)45(56)54-22-8-12-38(54)43-36-11-7-10-35(36)42(51-43)30-16-14-29(15-17-30)31-18-19-33-25-34(21-20-32(33)24-31)37-26-49-44(50-37)39-13-9-23-55(39)46(57)41(28(3)4)53-48(59)61-6/h14-21,24-28,38-41,51H,7-13,22-23H2,1-6H3,(H,49,50)(H,52,58)(H,53,59)/t38?,39?,40-,41-/m0/s1. The monoisotopic (exact) mass is 827 g/mol. The first-order valence-electron chi connectivity index (χ1n) is 21.7. The van der Waals surface area contributed by atoms with Crippen molar-refractivity contribution in [3.63, 3.8) is 0 Å². The zero-order valence-corrected chi connectivity index (χ0v) is 36.0. The number of fused-ring (bicyclic) bond motifs is 2. The van der Waals surface area contributed by atoms with Crippen LogP contribution in [-0.4, -0.2) is 88.1 Å². The second-order valence-corrected chi connectivity index (χ2v) is 17.4. The molecule has 320 valence electrons. The molecule has 0 spiro atoms. The Hall–Kier alpha value is -6.11. The van der Waals surface area contributed by atoms with E-state index in [1.807, 2.05) is 43.7 Å². The molecular formula is C48H57N7O6. The van der Waals surface area contributed by atoms with Gasteiger partial charge >= 0.3 is 12.2 Å². The molecule has 8 rings (SSSR count). The van der Waals surface area contributed by atoms with Crippen LogP contribution in [0.25, 0.3) is 44.4 Å². The predicted molar refractivity (Wildman–Crippen MR) is 234 cm³/mol. The van der Waals surface area contributed by atoms with E-state index in [1.54, 1.807) is 0 Å². The number of ether oxygens (including phenoxy) is 2. The summed E-state index contributed by atoms with van der Waals surface area (Å²) < 4.78 is 9.61. The molecule has 3 aliphatic rings. The Bertz CT molecular complexity index is 2430. The van der Waals surface area contributed by atoms with Crippen LogP contribution in [0.4, 0.5) is 9.59 Å². The largest absolute Gasteiger partial charge is 0.453 e. The Morgan fingerprint density at radius 1 is 0.656 bits per heavy atom. The van der Waals surface area contributed by atoms with Gasteiger partial charge in [0.05, 0.1) is 38.2 Å². The first-order valence-corrected chi connectivity index (χ1v) is 21.7. The average Bonchev–Trinajstić information content (AvgIpc) is 4.12. The van der Waals surface area contributed by atoms with Gasteiger partial charge in [0.1, 0.15) is 17.9 Å². The second kappa shape index (κ2) is 17.5. The Kier molecular flexibility index (Phi) is 11.9. The third-order valence-corrected chi connectivity index (χ3v) is 12.9. The first kappa shape index (κ1) is 41.6. The second-order valence-electron chi connectivity index (χ2n) is 17.4. The maximum absolute atomic E-state index is 13.9. The summed E-state index contributed by atoms with van der Waals surface area (Å²) in [5.41, 5.74) is 10.2. The van der Waals surface area contributed by atoms with E-state index < -0.39 is 24.3 Å². The molecule has 0 saturated carbocycles. The van der Waals surface area contributed by atoms with Crippen LogP contribution in [0.5, 0.6) is 0 Å². The van der Waals surface area contributed by atoms with Crippen molar-refractivity contribution in [2.75, 3.05) is 27.3 Å². The number of aromatic nitrogens is 3. The molecule has 4 heterocycles. The number of rotatable bonds is 11. The molecule has 2 saturated heterocycles. The number of amides is 4. The molecule has 0 radical (unpaired) electrons. The van der Waals surface area contributed by atoms with Crippen molar-refractivity contribution in [1.82, 2.24) is 35.4 Å². The van der Waals surface area contributed by atoms with Gasteiger partial charge in [0.2, 0.25) is 11.8 Å². The van der Waals surface area contributed by atoms with Gasteiger partial charge in [-0.15, -0.1) is 0 Å². The number of imidazole rings is 1. The van der Waals surface area contributed by atoms with Gasteiger partial charge in [-0.3, -0.25) is 9.59 Å². The number of nitrogens with zero attached hydrogens (tertiary/aromatic N) is 3. The zero-order valence-electron chi connectivity index (χ0n) is 36.0. The molecular weight excluding hydrogens is 771 g/mol. The number of H-pyrrole nitrogens is 2. The fourth-order valence-electron chi connectivity index (χ4n) is 9.61. The molecule has 4 amide bonds. The van der Waals surface area contributed by atoms with Crippen LogP contribution in [0.3, 0.4) is 0 Å². The van der Waals surface area contributed by atoms with Gasteiger partial charge in [-0.25, -0.2) is 14.6 Å². The molecule has 4 N–H and O–H groups in total. The summed E-state index contributed by atoms with van der Waals surface area (Å²) in [5.74, 6) is 0.361. The molecule has 1 aliphatic carbocycles. The molecule has 2 fully saturated rings. The zero-order chi connectivity index (χ0) is 42.9. The van der Waals surface area contributed by atoms with Crippen LogP contribution >= 0.6 is 0 Å². The van der Waals surface area contributed by atoms with E-state index in [9.17, 15) is 19.2 Å². The SMILES string of the molecule is COC(=O)N[C@H](C(=O)N1CCCC1c1ncc(-c2ccc3cc(-c4ccc(-c5[nH]c(C6CCCN6C(=O)[C@@H](NC(=O)OC)C(C)C)c6c5CCC6)cc4)ccc3c2)[nH]1)C(C)C. The van der Waals surface area contributed by atoms with Crippen molar-refractivity contribution in [3.05, 3.63) is 89.5 Å². The normalized spacial score (nSPS) is 18.4. The van der Waals surface area contributed by atoms with E-state index in [1.165, 1.54) is 25.3 Å². The first-order chi connectivity index (χ1) is 29.4. The maximum atomic E-state index is 13.9. The summed E-state index contributed by atoms with van der Waals surface area (Å²) in [6, 6.07) is 20.1. The van der Waals surface area contributed by atoms with Crippen molar-refractivity contribution in [2.24, 2.45) is 11.8 Å². The number of likely N-dealkylation sites (tertiary alicyclic amines) is 2. The summed E-state index contributed by atoms with van der Waals surface area (Å²) in [7, 11) is 2.62. The van der Waals surface area contributed by atoms with Crippen molar-refractivity contribution in [2.45, 2.75) is 96.8 Å². The van der Waals surface area contributed by atoms with Crippen LogP contribution in [0.15, 0.2) is 66.9 Å². The molecule has 0 bridgehead atoms. The van der Waals surface area contributed by atoms with Crippen molar-refractivity contribution in [1.29, 1.82) is 0 Å². The van der Waals surface area contributed by atoms with Gasteiger partial charge < -0.3 is 39.9 Å². The Balaban J connectivity index is 0.980. The van der Waals surface area contributed by atoms with Crippen molar-refractivity contribution in [3.8, 4) is 33.6 Å². The van der Waals surface area contributed by atoms with Gasteiger partial charge in [0.25, 0.3) is 0 Å². The molecule has 2 aliphatic heterocycles. The fraction of sp³-hybridized carbons (Fsp3) is 0.438. The predicted octanol–water partition coefficient (Wildman–Crippen LogP) is 8.47. The molecule has 61 heavy (non-hydrogen) atoms. The number of hydrogen-bond donors (Lipinski definition) is 4. The van der Waals surface area contributed by atoms with E-state index >= 15 is 0 Å². The quantitative estimate of drug-likeness (QED) is 0.104. The summed E-state index contributed by atoms with van der Waals surface area (Å²) in [5, 5.41) is 7.72. The van der Waals surface area contributed by atoms with Crippen LogP contribution < -0.4 is 10.6 Å². The van der Waals surface area contributed by atoms with Crippen LogP contribution in [-0.2, 0) is 31.9 Å².